The monoisotopic (exact) mass is 447 g/mol. The van der Waals surface area contributed by atoms with Crippen molar-refractivity contribution in [3.05, 3.63) is 22.1 Å². The normalized spacial score (nSPS) is 20.0. The number of aryl methyl sites for hydroxylation is 1. The average molecular weight is 448 g/mol. The number of hydrogen-bond acceptors (Lipinski definition) is 5. The van der Waals surface area contributed by atoms with Crippen molar-refractivity contribution in [2.45, 2.75) is 92.3 Å². The van der Waals surface area contributed by atoms with Gasteiger partial charge in [0.2, 0.25) is 5.91 Å². The molecule has 1 aliphatic carbocycles. The van der Waals surface area contributed by atoms with Crippen LogP contribution in [0.5, 0.6) is 0 Å². The number of allylic oxidation sites excluding steroid dienone is 2. The summed E-state index contributed by atoms with van der Waals surface area (Å²) < 4.78 is 11.7. The van der Waals surface area contributed by atoms with Gasteiger partial charge in [0, 0.05) is 29.0 Å². The van der Waals surface area contributed by atoms with E-state index in [-0.39, 0.29) is 17.3 Å². The van der Waals surface area contributed by atoms with Gasteiger partial charge in [-0.2, -0.15) is 0 Å². The fourth-order valence-corrected chi connectivity index (χ4v) is 5.58. The van der Waals surface area contributed by atoms with Gasteiger partial charge >= 0.3 is 5.97 Å². The molecule has 3 rings (SSSR count). The molecule has 0 aromatic carbocycles. The van der Waals surface area contributed by atoms with Gasteiger partial charge in [0.15, 0.2) is 6.10 Å². The molecule has 5 nitrogen and oxygen atoms in total. The summed E-state index contributed by atoms with van der Waals surface area (Å²) in [6.07, 6.45) is 5.93. The van der Waals surface area contributed by atoms with Gasteiger partial charge < -0.3 is 14.4 Å². The Labute approximate surface area is 190 Å². The number of rotatable bonds is 6. The number of ether oxygens (including phenoxy) is 2. The van der Waals surface area contributed by atoms with Crippen molar-refractivity contribution < 1.29 is 19.1 Å². The number of nitrogens with zero attached hydrogens (tertiary/aromatic N) is 1. The molecule has 172 valence electrons. The van der Waals surface area contributed by atoms with E-state index in [1.54, 1.807) is 11.3 Å². The summed E-state index contributed by atoms with van der Waals surface area (Å²) in [6, 6.07) is 0. The fourth-order valence-electron chi connectivity index (χ4n) is 4.32. The van der Waals surface area contributed by atoms with E-state index in [9.17, 15) is 9.59 Å². The van der Waals surface area contributed by atoms with Crippen LogP contribution in [0.4, 0.5) is 5.00 Å². The molecule has 1 amide bonds. The highest BCUT2D eigenvalue weighted by atomic mass is 32.1. The molecule has 2 heterocycles. The Morgan fingerprint density at radius 1 is 1.29 bits per heavy atom. The summed E-state index contributed by atoms with van der Waals surface area (Å²) in [5.41, 5.74) is 2.87. The van der Waals surface area contributed by atoms with Gasteiger partial charge in [-0.05, 0) is 71.3 Å². The molecular formula is C25H37NO4S. The Bertz CT molecular complexity index is 875. The van der Waals surface area contributed by atoms with Crippen LogP contribution >= 0.6 is 11.3 Å². The molecule has 2 aliphatic rings. The van der Waals surface area contributed by atoms with Crippen LogP contribution in [-0.4, -0.2) is 30.6 Å². The lowest BCUT2D eigenvalue weighted by Crippen LogP contribution is -2.30. The van der Waals surface area contributed by atoms with Crippen molar-refractivity contribution >= 4 is 33.8 Å². The van der Waals surface area contributed by atoms with Crippen LogP contribution in [-0.2, 0) is 19.1 Å². The van der Waals surface area contributed by atoms with Gasteiger partial charge in [0.05, 0.1) is 12.2 Å². The molecule has 1 aromatic heterocycles. The highest BCUT2D eigenvalue weighted by Gasteiger charge is 2.38. The number of carbonyl (C=O) groups excluding carboxylic acids is 2. The molecule has 6 heteroatoms. The Morgan fingerprint density at radius 2 is 2.00 bits per heavy atom. The van der Waals surface area contributed by atoms with E-state index in [0.717, 1.165) is 53.2 Å². The second-order valence-corrected chi connectivity index (χ2v) is 11.6. The molecular weight excluding hydrogens is 410 g/mol. The predicted octanol–water partition coefficient (Wildman–Crippen LogP) is 6.20. The number of carbonyl (C=O) groups is 2. The van der Waals surface area contributed by atoms with Crippen molar-refractivity contribution in [2.75, 3.05) is 18.1 Å². The van der Waals surface area contributed by atoms with E-state index in [0.29, 0.717) is 13.0 Å². The zero-order chi connectivity index (χ0) is 23.0. The fraction of sp³-hybridized carbons (Fsp3) is 0.680. The molecule has 0 radical (unpaired) electrons. The first-order chi connectivity index (χ1) is 14.4. The van der Waals surface area contributed by atoms with Gasteiger partial charge in [-0.25, -0.2) is 4.79 Å². The number of hydrogen-bond donors (Lipinski definition) is 0. The molecule has 1 atom stereocenters. The Balaban J connectivity index is 2.18. The predicted molar refractivity (Wildman–Crippen MR) is 126 cm³/mol. The van der Waals surface area contributed by atoms with Crippen LogP contribution < -0.4 is 4.90 Å². The van der Waals surface area contributed by atoms with E-state index in [1.807, 2.05) is 39.5 Å². The van der Waals surface area contributed by atoms with E-state index in [4.69, 9.17) is 9.47 Å². The second-order valence-electron chi connectivity index (χ2n) is 10.4. The van der Waals surface area contributed by atoms with Crippen LogP contribution in [0.2, 0.25) is 0 Å². The maximum Gasteiger partial charge on any atom is 0.340 e. The van der Waals surface area contributed by atoms with Crippen molar-refractivity contribution in [2.24, 2.45) is 5.41 Å². The lowest BCUT2D eigenvalue weighted by molar-refractivity contribution is -0.166. The maximum absolute atomic E-state index is 13.1. The van der Waals surface area contributed by atoms with E-state index in [2.05, 4.69) is 19.9 Å². The first-order valence-electron chi connectivity index (χ1n) is 11.4. The van der Waals surface area contributed by atoms with Gasteiger partial charge in [0.25, 0.3) is 0 Å². The second kappa shape index (κ2) is 9.07. The van der Waals surface area contributed by atoms with Crippen molar-refractivity contribution in [3.8, 4) is 0 Å². The van der Waals surface area contributed by atoms with Crippen LogP contribution in [0.25, 0.3) is 5.57 Å². The number of esters is 1. The summed E-state index contributed by atoms with van der Waals surface area (Å²) in [6.45, 7) is 15.3. The summed E-state index contributed by atoms with van der Waals surface area (Å²) >= 11 is 1.60. The average Bonchev–Trinajstić information content (AvgIpc) is 3.22. The summed E-state index contributed by atoms with van der Waals surface area (Å²) in [5, 5.41) is 0.966. The Morgan fingerprint density at radius 3 is 2.52 bits per heavy atom. The van der Waals surface area contributed by atoms with Crippen LogP contribution in [0.15, 0.2) is 6.08 Å². The van der Waals surface area contributed by atoms with E-state index in [1.165, 1.54) is 5.57 Å². The Kier molecular flexibility index (Phi) is 7.02. The summed E-state index contributed by atoms with van der Waals surface area (Å²) in [5.74, 6) is -0.203. The van der Waals surface area contributed by atoms with Gasteiger partial charge in [-0.3, -0.25) is 4.79 Å². The highest BCUT2D eigenvalue weighted by molar-refractivity contribution is 7.16. The minimum Gasteiger partial charge on any atom is -0.464 e. The Hall–Kier alpha value is -1.66. The summed E-state index contributed by atoms with van der Waals surface area (Å²) in [7, 11) is 0. The zero-order valence-corrected chi connectivity index (χ0v) is 20.9. The molecule has 1 saturated heterocycles. The third-order valence-electron chi connectivity index (χ3n) is 5.96. The molecule has 0 spiro atoms. The van der Waals surface area contributed by atoms with E-state index >= 15 is 0 Å². The molecule has 31 heavy (non-hydrogen) atoms. The number of amides is 1. The quantitative estimate of drug-likeness (QED) is 0.488. The standard InChI is InChI=1S/C25H37NO4S/c1-8-29-23(28)21(30-24(3,4)5)19-16(2)31-22(26-15-9-10-18(26)27)20(19)17-11-13-25(6,7)14-12-17/h11,21H,8-10,12-15H2,1-7H3. The van der Waals surface area contributed by atoms with Crippen molar-refractivity contribution in [1.29, 1.82) is 0 Å². The molecule has 1 aromatic rings. The number of anilines is 1. The van der Waals surface area contributed by atoms with Crippen molar-refractivity contribution in [3.63, 3.8) is 0 Å². The minimum absolute atomic E-state index is 0.162. The van der Waals surface area contributed by atoms with Crippen LogP contribution in [0.1, 0.15) is 95.8 Å². The molecule has 0 bridgehead atoms. The minimum atomic E-state index is -0.812. The molecule has 1 aliphatic heterocycles. The topological polar surface area (TPSA) is 55.8 Å². The lowest BCUT2D eigenvalue weighted by atomic mass is 9.76. The summed E-state index contributed by atoms with van der Waals surface area (Å²) in [4.78, 5) is 28.6. The molecule has 0 saturated carbocycles. The zero-order valence-electron chi connectivity index (χ0n) is 20.1. The van der Waals surface area contributed by atoms with Crippen molar-refractivity contribution in [1.82, 2.24) is 0 Å². The first kappa shape index (κ1) is 24.0. The largest absolute Gasteiger partial charge is 0.464 e. The number of thiophene rings is 1. The smallest absolute Gasteiger partial charge is 0.340 e. The highest BCUT2D eigenvalue weighted by Crippen LogP contribution is 2.49. The van der Waals surface area contributed by atoms with Crippen LogP contribution in [0.3, 0.4) is 0 Å². The molecule has 1 fully saturated rings. The third kappa shape index (κ3) is 5.40. The maximum atomic E-state index is 13.1. The third-order valence-corrected chi connectivity index (χ3v) is 7.10. The van der Waals surface area contributed by atoms with Crippen LogP contribution in [0, 0.1) is 12.3 Å². The van der Waals surface area contributed by atoms with E-state index < -0.39 is 11.7 Å². The van der Waals surface area contributed by atoms with Gasteiger partial charge in [0.1, 0.15) is 5.00 Å². The lowest BCUT2D eigenvalue weighted by Gasteiger charge is -2.31. The van der Waals surface area contributed by atoms with Gasteiger partial charge in [-0.15, -0.1) is 11.3 Å². The molecule has 1 unspecified atom stereocenters. The van der Waals surface area contributed by atoms with Gasteiger partial charge in [-0.1, -0.05) is 19.9 Å². The SMILES string of the molecule is CCOC(=O)C(OC(C)(C)C)c1c(C)sc(N2CCCC2=O)c1C1=CCC(C)(C)CC1. The molecule has 0 N–H and O–H groups in total. The first-order valence-corrected chi connectivity index (χ1v) is 12.2.